The monoisotopic (exact) mass is 242 g/mol. The lowest BCUT2D eigenvalue weighted by Crippen LogP contribution is -2.62. The summed E-state index contributed by atoms with van der Waals surface area (Å²) in [5, 5.41) is 9.32. The SMILES string of the molecule is CC(C)(N)C(=O)N1CCCC(C)(C)C1C(=O)O. The third-order valence-corrected chi connectivity index (χ3v) is 3.32. The van der Waals surface area contributed by atoms with Crippen LogP contribution in [0.2, 0.25) is 0 Å². The van der Waals surface area contributed by atoms with E-state index in [1.165, 1.54) is 4.90 Å². The largest absolute Gasteiger partial charge is 0.480 e. The molecule has 0 aromatic heterocycles. The van der Waals surface area contributed by atoms with Crippen molar-refractivity contribution in [3.05, 3.63) is 0 Å². The summed E-state index contributed by atoms with van der Waals surface area (Å²) in [6.45, 7) is 7.45. The fourth-order valence-electron chi connectivity index (χ4n) is 2.45. The predicted molar refractivity (Wildman–Crippen MR) is 64.4 cm³/mol. The number of hydrogen-bond donors (Lipinski definition) is 2. The number of carboxylic acids is 1. The number of amides is 1. The van der Waals surface area contributed by atoms with Crippen LogP contribution in [0.1, 0.15) is 40.5 Å². The Bertz CT molecular complexity index is 331. The summed E-state index contributed by atoms with van der Waals surface area (Å²) in [5.41, 5.74) is 4.34. The van der Waals surface area contributed by atoms with Crippen molar-refractivity contribution in [2.45, 2.75) is 52.1 Å². The highest BCUT2D eigenvalue weighted by Crippen LogP contribution is 2.36. The molecule has 0 radical (unpaired) electrons. The first-order chi connectivity index (χ1) is 7.57. The van der Waals surface area contributed by atoms with E-state index < -0.39 is 23.0 Å². The van der Waals surface area contributed by atoms with E-state index in [0.29, 0.717) is 6.54 Å². The summed E-state index contributed by atoms with van der Waals surface area (Å²) < 4.78 is 0. The van der Waals surface area contributed by atoms with Crippen LogP contribution in [-0.4, -0.2) is 40.0 Å². The van der Waals surface area contributed by atoms with Crippen molar-refractivity contribution >= 4 is 11.9 Å². The van der Waals surface area contributed by atoms with Gasteiger partial charge in [-0.15, -0.1) is 0 Å². The number of hydrogen-bond acceptors (Lipinski definition) is 3. The molecule has 17 heavy (non-hydrogen) atoms. The summed E-state index contributed by atoms with van der Waals surface area (Å²) in [5.74, 6) is -1.25. The molecule has 1 fully saturated rings. The third-order valence-electron chi connectivity index (χ3n) is 3.32. The van der Waals surface area contributed by atoms with Crippen molar-refractivity contribution in [1.82, 2.24) is 4.90 Å². The van der Waals surface area contributed by atoms with Gasteiger partial charge in [-0.05, 0) is 32.1 Å². The molecule has 3 N–H and O–H groups in total. The zero-order valence-corrected chi connectivity index (χ0v) is 11.0. The molecule has 1 amide bonds. The van der Waals surface area contributed by atoms with E-state index in [4.69, 9.17) is 5.73 Å². The highest BCUT2D eigenvalue weighted by molar-refractivity contribution is 5.90. The molecule has 1 heterocycles. The van der Waals surface area contributed by atoms with Crippen LogP contribution in [0.5, 0.6) is 0 Å². The first kappa shape index (κ1) is 14.0. The maximum atomic E-state index is 12.2. The average molecular weight is 242 g/mol. The minimum atomic E-state index is -1.03. The lowest BCUT2D eigenvalue weighted by molar-refractivity contribution is -0.160. The molecule has 0 saturated carbocycles. The number of carboxylic acid groups (broad SMARTS) is 1. The molecule has 0 spiro atoms. The van der Waals surface area contributed by atoms with E-state index in [-0.39, 0.29) is 5.91 Å². The zero-order chi connectivity index (χ0) is 13.4. The summed E-state index contributed by atoms with van der Waals surface area (Å²) >= 11 is 0. The Morgan fingerprint density at radius 1 is 1.41 bits per heavy atom. The molecule has 1 rings (SSSR count). The lowest BCUT2D eigenvalue weighted by atomic mass is 9.76. The van der Waals surface area contributed by atoms with Gasteiger partial charge in [0, 0.05) is 6.54 Å². The molecule has 0 aromatic carbocycles. The van der Waals surface area contributed by atoms with Gasteiger partial charge in [0.05, 0.1) is 5.54 Å². The fraction of sp³-hybridized carbons (Fsp3) is 0.833. The predicted octanol–water partition coefficient (Wildman–Crippen LogP) is 0.825. The second-order valence-corrected chi connectivity index (χ2v) is 6.05. The Kier molecular flexibility index (Phi) is 3.52. The van der Waals surface area contributed by atoms with Crippen LogP contribution >= 0.6 is 0 Å². The van der Waals surface area contributed by atoms with Crippen LogP contribution in [0.15, 0.2) is 0 Å². The number of piperidine rings is 1. The maximum Gasteiger partial charge on any atom is 0.326 e. The van der Waals surface area contributed by atoms with Gasteiger partial charge in [0.15, 0.2) is 0 Å². The topological polar surface area (TPSA) is 83.6 Å². The van der Waals surface area contributed by atoms with Gasteiger partial charge in [-0.25, -0.2) is 4.79 Å². The van der Waals surface area contributed by atoms with Gasteiger partial charge in [-0.3, -0.25) is 4.79 Å². The van der Waals surface area contributed by atoms with Crippen LogP contribution in [0.3, 0.4) is 0 Å². The number of carbonyl (C=O) groups is 2. The number of likely N-dealkylation sites (tertiary alicyclic amines) is 1. The van der Waals surface area contributed by atoms with Gasteiger partial charge < -0.3 is 15.7 Å². The van der Waals surface area contributed by atoms with E-state index in [0.717, 1.165) is 12.8 Å². The molecule has 1 aliphatic heterocycles. The summed E-state index contributed by atoms with van der Waals surface area (Å²) in [6.07, 6.45) is 1.62. The molecule has 0 aromatic rings. The smallest absolute Gasteiger partial charge is 0.326 e. The molecule has 1 atom stereocenters. The van der Waals surface area contributed by atoms with E-state index in [1.807, 2.05) is 13.8 Å². The first-order valence-corrected chi connectivity index (χ1v) is 5.90. The normalized spacial score (nSPS) is 24.5. The van der Waals surface area contributed by atoms with Gasteiger partial charge in [-0.1, -0.05) is 13.8 Å². The Labute approximate surface area is 102 Å². The van der Waals surface area contributed by atoms with E-state index in [2.05, 4.69) is 0 Å². The highest BCUT2D eigenvalue weighted by atomic mass is 16.4. The Hall–Kier alpha value is -1.10. The van der Waals surface area contributed by atoms with Crippen LogP contribution < -0.4 is 5.73 Å². The second kappa shape index (κ2) is 4.29. The molecule has 5 nitrogen and oxygen atoms in total. The van der Waals surface area contributed by atoms with Gasteiger partial charge in [0.25, 0.3) is 0 Å². The van der Waals surface area contributed by atoms with Crippen molar-refractivity contribution < 1.29 is 14.7 Å². The summed E-state index contributed by atoms with van der Waals surface area (Å²) in [6, 6.07) is -0.786. The Morgan fingerprint density at radius 2 is 1.94 bits per heavy atom. The standard InChI is InChI=1S/C12H22N2O3/c1-11(2)6-5-7-14(8(11)9(15)16)10(17)12(3,4)13/h8H,5-7,13H2,1-4H3,(H,15,16). The number of aliphatic carboxylic acids is 1. The van der Waals surface area contributed by atoms with Gasteiger partial charge in [0.1, 0.15) is 6.04 Å². The van der Waals surface area contributed by atoms with Crippen molar-refractivity contribution in [3.8, 4) is 0 Å². The summed E-state index contributed by atoms with van der Waals surface area (Å²) in [4.78, 5) is 25.0. The fourth-order valence-corrected chi connectivity index (χ4v) is 2.45. The Morgan fingerprint density at radius 3 is 2.35 bits per heavy atom. The van der Waals surface area contributed by atoms with E-state index in [9.17, 15) is 14.7 Å². The molecule has 0 bridgehead atoms. The molecule has 1 aliphatic rings. The number of carbonyl (C=O) groups excluding carboxylic acids is 1. The number of rotatable bonds is 2. The van der Waals surface area contributed by atoms with Gasteiger partial charge in [-0.2, -0.15) is 0 Å². The van der Waals surface area contributed by atoms with Crippen molar-refractivity contribution in [2.24, 2.45) is 11.1 Å². The van der Waals surface area contributed by atoms with Crippen molar-refractivity contribution in [2.75, 3.05) is 6.54 Å². The van der Waals surface area contributed by atoms with Crippen LogP contribution in [0.25, 0.3) is 0 Å². The zero-order valence-electron chi connectivity index (χ0n) is 11.0. The van der Waals surface area contributed by atoms with Crippen molar-refractivity contribution in [1.29, 1.82) is 0 Å². The maximum absolute atomic E-state index is 12.2. The third kappa shape index (κ3) is 2.77. The molecule has 1 unspecified atom stereocenters. The van der Waals surface area contributed by atoms with Crippen LogP contribution in [0, 0.1) is 5.41 Å². The lowest BCUT2D eigenvalue weighted by Gasteiger charge is -2.45. The molecular weight excluding hydrogens is 220 g/mol. The van der Waals surface area contributed by atoms with Crippen molar-refractivity contribution in [3.63, 3.8) is 0 Å². The first-order valence-electron chi connectivity index (χ1n) is 5.90. The highest BCUT2D eigenvalue weighted by Gasteiger charge is 2.46. The quantitative estimate of drug-likeness (QED) is 0.751. The summed E-state index contributed by atoms with van der Waals surface area (Å²) in [7, 11) is 0. The van der Waals surface area contributed by atoms with Gasteiger partial charge in [0.2, 0.25) is 5.91 Å². The number of nitrogens with two attached hydrogens (primary N) is 1. The molecule has 1 saturated heterocycles. The molecule has 0 aliphatic carbocycles. The van der Waals surface area contributed by atoms with Crippen LogP contribution in [-0.2, 0) is 9.59 Å². The van der Waals surface area contributed by atoms with Crippen LogP contribution in [0.4, 0.5) is 0 Å². The molecule has 5 heteroatoms. The minimum Gasteiger partial charge on any atom is -0.480 e. The van der Waals surface area contributed by atoms with E-state index in [1.54, 1.807) is 13.8 Å². The molecular formula is C12H22N2O3. The second-order valence-electron chi connectivity index (χ2n) is 6.05. The minimum absolute atomic E-state index is 0.294. The van der Waals surface area contributed by atoms with E-state index >= 15 is 0 Å². The number of nitrogens with zero attached hydrogens (tertiary/aromatic N) is 1. The molecule has 98 valence electrons. The average Bonchev–Trinajstić information content (AvgIpc) is 2.12. The Balaban J connectivity index is 3.05. The van der Waals surface area contributed by atoms with Gasteiger partial charge >= 0.3 is 5.97 Å².